The number of carboxylic acids is 1. The van der Waals surface area contributed by atoms with Crippen LogP contribution in [0.3, 0.4) is 0 Å². The maximum absolute atomic E-state index is 11.0. The van der Waals surface area contributed by atoms with Gasteiger partial charge in [0.1, 0.15) is 18.1 Å². The van der Waals surface area contributed by atoms with E-state index in [1.165, 1.54) is 12.1 Å². The van der Waals surface area contributed by atoms with Crippen LogP contribution in [0.5, 0.6) is 23.0 Å². The Kier molecular flexibility index (Phi) is 8.21. The zero-order valence-corrected chi connectivity index (χ0v) is 20.3. The Bertz CT molecular complexity index is 1340. The molecular weight excluding hydrogens is 478 g/mol. The summed E-state index contributed by atoms with van der Waals surface area (Å²) in [6.45, 7) is 2.52. The predicted octanol–water partition coefficient (Wildman–Crippen LogP) is 7.56. The van der Waals surface area contributed by atoms with Crippen molar-refractivity contribution in [3.63, 3.8) is 0 Å². The first-order valence-corrected chi connectivity index (χ1v) is 11.7. The summed E-state index contributed by atoms with van der Waals surface area (Å²) in [5.74, 6) is 1.44. The Hall–Kier alpha value is -4.29. The van der Waals surface area contributed by atoms with Crippen LogP contribution in [-0.4, -0.2) is 23.9 Å². The van der Waals surface area contributed by atoms with Gasteiger partial charge in [0.25, 0.3) is 0 Å². The first-order valence-electron chi connectivity index (χ1n) is 11.3. The van der Waals surface area contributed by atoms with Crippen molar-refractivity contribution in [2.24, 2.45) is 4.99 Å². The van der Waals surface area contributed by atoms with Gasteiger partial charge in [-0.2, -0.15) is 0 Å². The molecule has 0 radical (unpaired) electrons. The minimum atomic E-state index is -0.974. The van der Waals surface area contributed by atoms with Crippen molar-refractivity contribution in [3.05, 3.63) is 113 Å². The molecule has 0 saturated heterocycles. The normalized spacial score (nSPS) is 10.8. The molecule has 7 heteroatoms. The summed E-state index contributed by atoms with van der Waals surface area (Å²) in [5.41, 5.74) is 2.54. The molecule has 0 amide bonds. The van der Waals surface area contributed by atoms with Gasteiger partial charge in [-0.1, -0.05) is 41.9 Å². The Labute approximate surface area is 214 Å². The number of carboxylic acid groups (broad SMARTS) is 1. The molecule has 0 aromatic heterocycles. The van der Waals surface area contributed by atoms with Crippen LogP contribution < -0.4 is 14.2 Å². The highest BCUT2D eigenvalue weighted by atomic mass is 35.5. The van der Waals surface area contributed by atoms with Gasteiger partial charge in [-0.15, -0.1) is 0 Å². The molecule has 0 saturated carbocycles. The molecule has 0 unspecified atom stereocenters. The molecule has 1 N–H and O–H groups in total. The molecule has 0 fully saturated rings. The second kappa shape index (κ2) is 11.9. The zero-order valence-electron chi connectivity index (χ0n) is 19.6. The monoisotopic (exact) mass is 501 g/mol. The van der Waals surface area contributed by atoms with E-state index in [1.807, 2.05) is 67.6 Å². The molecule has 4 rings (SSSR count). The summed E-state index contributed by atoms with van der Waals surface area (Å²) in [4.78, 5) is 15.6. The Morgan fingerprint density at radius 3 is 2.28 bits per heavy atom. The van der Waals surface area contributed by atoms with Gasteiger partial charge in [0.05, 0.1) is 22.9 Å². The van der Waals surface area contributed by atoms with Gasteiger partial charge >= 0.3 is 5.97 Å². The lowest BCUT2D eigenvalue weighted by Gasteiger charge is -2.14. The largest absolute Gasteiger partial charge is 0.490 e. The fourth-order valence-electron chi connectivity index (χ4n) is 3.34. The highest BCUT2D eigenvalue weighted by molar-refractivity contribution is 6.32. The summed E-state index contributed by atoms with van der Waals surface area (Å²) >= 11 is 6.52. The molecular formula is C29H24ClNO5. The van der Waals surface area contributed by atoms with Crippen LogP contribution in [0.1, 0.15) is 28.4 Å². The standard InChI is InChI=1S/C29H24ClNO5/c1-2-34-27-17-21(16-26(30)28(27)35-19-20-8-10-22(11-9-20)29(32)33)18-31-23-12-14-25(15-13-23)36-24-6-4-3-5-7-24/h3-18H,2,19H2,1H3,(H,32,33). The molecule has 4 aromatic rings. The predicted molar refractivity (Wildman–Crippen MR) is 141 cm³/mol. The van der Waals surface area contributed by atoms with Crippen molar-refractivity contribution in [3.8, 4) is 23.0 Å². The van der Waals surface area contributed by atoms with Gasteiger partial charge in [0.15, 0.2) is 11.5 Å². The topological polar surface area (TPSA) is 77.3 Å². The molecule has 6 nitrogen and oxygen atoms in total. The van der Waals surface area contributed by atoms with Crippen LogP contribution in [-0.2, 0) is 6.61 Å². The molecule has 0 aliphatic heterocycles. The van der Waals surface area contributed by atoms with Crippen LogP contribution in [0.4, 0.5) is 5.69 Å². The van der Waals surface area contributed by atoms with Gasteiger partial charge in [-0.25, -0.2) is 4.79 Å². The number of rotatable bonds is 10. The highest BCUT2D eigenvalue weighted by Crippen LogP contribution is 2.37. The van der Waals surface area contributed by atoms with E-state index >= 15 is 0 Å². The van der Waals surface area contributed by atoms with Crippen molar-refractivity contribution in [2.75, 3.05) is 6.61 Å². The molecule has 182 valence electrons. The van der Waals surface area contributed by atoms with E-state index in [2.05, 4.69) is 4.99 Å². The van der Waals surface area contributed by atoms with Crippen molar-refractivity contribution in [2.45, 2.75) is 13.5 Å². The Morgan fingerprint density at radius 1 is 0.917 bits per heavy atom. The van der Waals surface area contributed by atoms with Crippen LogP contribution in [0.2, 0.25) is 5.02 Å². The van der Waals surface area contributed by atoms with Gasteiger partial charge in [0, 0.05) is 6.21 Å². The fraction of sp³-hybridized carbons (Fsp3) is 0.103. The molecule has 0 heterocycles. The van der Waals surface area contributed by atoms with E-state index < -0.39 is 5.97 Å². The van der Waals surface area contributed by atoms with E-state index in [1.54, 1.807) is 24.4 Å². The number of hydrogen-bond donors (Lipinski definition) is 1. The number of carbonyl (C=O) groups is 1. The zero-order chi connectivity index (χ0) is 25.3. The fourth-order valence-corrected chi connectivity index (χ4v) is 3.61. The molecule has 0 spiro atoms. The molecule has 0 aliphatic carbocycles. The summed E-state index contributed by atoms with van der Waals surface area (Å²) in [6.07, 6.45) is 1.70. The SMILES string of the molecule is CCOc1cc(C=Nc2ccc(Oc3ccccc3)cc2)cc(Cl)c1OCc1ccc(C(=O)O)cc1. The maximum Gasteiger partial charge on any atom is 0.335 e. The number of aromatic carboxylic acids is 1. The molecule has 0 atom stereocenters. The minimum Gasteiger partial charge on any atom is -0.490 e. The van der Waals surface area contributed by atoms with E-state index in [-0.39, 0.29) is 12.2 Å². The Morgan fingerprint density at radius 2 is 1.61 bits per heavy atom. The van der Waals surface area contributed by atoms with E-state index in [0.29, 0.717) is 23.1 Å². The first-order chi connectivity index (χ1) is 17.5. The third-order valence-corrected chi connectivity index (χ3v) is 5.37. The Balaban J connectivity index is 1.45. The number of hydrogen-bond acceptors (Lipinski definition) is 5. The average Bonchev–Trinajstić information content (AvgIpc) is 2.89. The van der Waals surface area contributed by atoms with Gasteiger partial charge in [-0.3, -0.25) is 4.99 Å². The van der Waals surface area contributed by atoms with Crippen LogP contribution >= 0.6 is 11.6 Å². The second-order valence-corrected chi connectivity index (χ2v) is 8.13. The number of ether oxygens (including phenoxy) is 3. The summed E-state index contributed by atoms with van der Waals surface area (Å²) < 4.78 is 17.5. The average molecular weight is 502 g/mol. The van der Waals surface area contributed by atoms with Crippen LogP contribution in [0, 0.1) is 0 Å². The third-order valence-electron chi connectivity index (χ3n) is 5.09. The van der Waals surface area contributed by atoms with Gasteiger partial charge in [-0.05, 0) is 78.7 Å². The molecule has 36 heavy (non-hydrogen) atoms. The van der Waals surface area contributed by atoms with Crippen molar-refractivity contribution < 1.29 is 24.1 Å². The van der Waals surface area contributed by atoms with Crippen molar-refractivity contribution in [1.82, 2.24) is 0 Å². The van der Waals surface area contributed by atoms with Crippen molar-refractivity contribution in [1.29, 1.82) is 0 Å². The van der Waals surface area contributed by atoms with Gasteiger partial charge in [0.2, 0.25) is 0 Å². The van der Waals surface area contributed by atoms with Crippen LogP contribution in [0.25, 0.3) is 0 Å². The van der Waals surface area contributed by atoms with E-state index in [0.717, 1.165) is 28.3 Å². The number of halogens is 1. The van der Waals surface area contributed by atoms with Crippen molar-refractivity contribution >= 4 is 29.5 Å². The van der Waals surface area contributed by atoms with Crippen LogP contribution in [0.15, 0.2) is 96.0 Å². The summed E-state index contributed by atoms with van der Waals surface area (Å²) in [6, 6.07) is 27.1. The highest BCUT2D eigenvalue weighted by Gasteiger charge is 2.13. The molecule has 0 aliphatic rings. The number of para-hydroxylation sites is 1. The summed E-state index contributed by atoms with van der Waals surface area (Å²) in [7, 11) is 0. The lowest BCUT2D eigenvalue weighted by Crippen LogP contribution is -2.02. The molecule has 4 aromatic carbocycles. The maximum atomic E-state index is 11.0. The molecule has 0 bridgehead atoms. The quantitative estimate of drug-likeness (QED) is 0.227. The third kappa shape index (κ3) is 6.64. The first kappa shape index (κ1) is 24.8. The van der Waals surface area contributed by atoms with Gasteiger partial charge < -0.3 is 19.3 Å². The number of aliphatic imine (C=N–C) groups is 1. The smallest absolute Gasteiger partial charge is 0.335 e. The van der Waals surface area contributed by atoms with E-state index in [4.69, 9.17) is 30.9 Å². The lowest BCUT2D eigenvalue weighted by atomic mass is 10.1. The number of benzene rings is 4. The number of nitrogens with zero attached hydrogens (tertiary/aromatic N) is 1. The summed E-state index contributed by atoms with van der Waals surface area (Å²) in [5, 5.41) is 9.43. The minimum absolute atomic E-state index is 0.213. The second-order valence-electron chi connectivity index (χ2n) is 7.72. The van der Waals surface area contributed by atoms with E-state index in [9.17, 15) is 4.79 Å². The lowest BCUT2D eigenvalue weighted by molar-refractivity contribution is 0.0697.